The largest absolute Gasteiger partial charge is 0.330 e. The molecule has 1 aliphatic rings. The summed E-state index contributed by atoms with van der Waals surface area (Å²) >= 11 is 1.66. The molecule has 0 amide bonds. The maximum Gasteiger partial charge on any atom is 0.119 e. The maximum absolute atomic E-state index is 5.69. The highest BCUT2D eigenvalue weighted by atomic mass is 35.5. The Morgan fingerprint density at radius 3 is 2.88 bits per heavy atom. The van der Waals surface area contributed by atoms with Gasteiger partial charge in [-0.05, 0) is 31.7 Å². The Labute approximate surface area is 113 Å². The van der Waals surface area contributed by atoms with Crippen molar-refractivity contribution in [3.8, 4) is 0 Å². The van der Waals surface area contributed by atoms with Gasteiger partial charge < -0.3 is 5.73 Å². The molecule has 1 atom stereocenters. The number of rotatable bonds is 4. The van der Waals surface area contributed by atoms with Crippen molar-refractivity contribution in [3.63, 3.8) is 0 Å². The predicted octanol–water partition coefficient (Wildman–Crippen LogP) is 1.40. The minimum atomic E-state index is 0. The van der Waals surface area contributed by atoms with E-state index in [1.54, 1.807) is 24.2 Å². The summed E-state index contributed by atoms with van der Waals surface area (Å²) in [5.74, 6) is 0.661. The number of hydrogen-bond donors (Lipinski definition) is 1. The summed E-state index contributed by atoms with van der Waals surface area (Å²) in [6, 6.07) is 0. The Morgan fingerprint density at radius 2 is 2.24 bits per heavy atom. The molecule has 1 saturated heterocycles. The minimum Gasteiger partial charge on any atom is -0.330 e. The third-order valence-corrected chi connectivity index (χ3v) is 3.73. The van der Waals surface area contributed by atoms with E-state index in [1.807, 2.05) is 6.26 Å². The standard InChI is InChI=1S/C11H18N4S.ClH/c1-16-11-10(13-3-4-14-11)8-15-5-2-9(6-12)7-15;/h3-4,9H,2,5-8,12H2,1H3;1H. The Hall–Kier alpha value is -0.360. The number of nitrogens with zero attached hydrogens (tertiary/aromatic N) is 3. The average molecular weight is 275 g/mol. The molecule has 6 heteroatoms. The number of nitrogens with two attached hydrogens (primary N) is 1. The molecule has 0 saturated carbocycles. The lowest BCUT2D eigenvalue weighted by atomic mass is 10.1. The Morgan fingerprint density at radius 1 is 1.47 bits per heavy atom. The van der Waals surface area contributed by atoms with E-state index in [1.165, 1.54) is 6.42 Å². The molecule has 2 N–H and O–H groups in total. The van der Waals surface area contributed by atoms with Gasteiger partial charge in [0.2, 0.25) is 0 Å². The van der Waals surface area contributed by atoms with Crippen LogP contribution in [0.2, 0.25) is 0 Å². The summed E-state index contributed by atoms with van der Waals surface area (Å²) < 4.78 is 0. The van der Waals surface area contributed by atoms with Gasteiger partial charge in [-0.1, -0.05) is 0 Å². The van der Waals surface area contributed by atoms with Crippen molar-refractivity contribution >= 4 is 24.2 Å². The first-order valence-electron chi connectivity index (χ1n) is 5.59. The van der Waals surface area contributed by atoms with E-state index in [-0.39, 0.29) is 12.4 Å². The summed E-state index contributed by atoms with van der Waals surface area (Å²) in [6.07, 6.45) is 6.78. The number of hydrogen-bond acceptors (Lipinski definition) is 5. The van der Waals surface area contributed by atoms with Crippen LogP contribution in [0.5, 0.6) is 0 Å². The van der Waals surface area contributed by atoms with Crippen molar-refractivity contribution in [1.82, 2.24) is 14.9 Å². The SMILES string of the molecule is CSc1nccnc1CN1CCC(CN)C1.Cl. The first-order chi connectivity index (χ1) is 7.83. The second kappa shape index (κ2) is 7.16. The van der Waals surface area contributed by atoms with Gasteiger partial charge in [0.25, 0.3) is 0 Å². The van der Waals surface area contributed by atoms with E-state index < -0.39 is 0 Å². The van der Waals surface area contributed by atoms with Crippen LogP contribution in [-0.2, 0) is 6.54 Å². The lowest BCUT2D eigenvalue weighted by molar-refractivity contribution is 0.310. The molecule has 1 unspecified atom stereocenters. The Bertz CT molecular complexity index is 350. The van der Waals surface area contributed by atoms with Crippen LogP contribution >= 0.6 is 24.2 Å². The van der Waals surface area contributed by atoms with Crippen LogP contribution in [0.1, 0.15) is 12.1 Å². The molecule has 0 bridgehead atoms. The summed E-state index contributed by atoms with van der Waals surface area (Å²) in [4.78, 5) is 11.2. The van der Waals surface area contributed by atoms with Crippen molar-refractivity contribution in [2.45, 2.75) is 18.0 Å². The molecule has 4 nitrogen and oxygen atoms in total. The quantitative estimate of drug-likeness (QED) is 0.841. The number of halogens is 1. The van der Waals surface area contributed by atoms with Crippen molar-refractivity contribution in [3.05, 3.63) is 18.1 Å². The molecule has 17 heavy (non-hydrogen) atoms. The van der Waals surface area contributed by atoms with Gasteiger partial charge >= 0.3 is 0 Å². The predicted molar refractivity (Wildman–Crippen MR) is 73.5 cm³/mol. The van der Waals surface area contributed by atoms with Gasteiger partial charge in [0.15, 0.2) is 0 Å². The van der Waals surface area contributed by atoms with Crippen LogP contribution in [-0.4, -0.2) is 40.8 Å². The lowest BCUT2D eigenvalue weighted by Crippen LogP contribution is -2.23. The highest BCUT2D eigenvalue weighted by Gasteiger charge is 2.22. The van der Waals surface area contributed by atoms with Crippen LogP contribution in [0.15, 0.2) is 17.4 Å². The van der Waals surface area contributed by atoms with Crippen LogP contribution in [0.25, 0.3) is 0 Å². The first kappa shape index (κ1) is 14.7. The topological polar surface area (TPSA) is 55.0 Å². The normalized spacial score (nSPS) is 20.2. The molecule has 1 aliphatic heterocycles. The third kappa shape index (κ3) is 3.81. The van der Waals surface area contributed by atoms with Crippen molar-refractivity contribution in [2.24, 2.45) is 11.7 Å². The number of thioether (sulfide) groups is 1. The fraction of sp³-hybridized carbons (Fsp3) is 0.636. The maximum atomic E-state index is 5.69. The summed E-state index contributed by atoms with van der Waals surface area (Å²) in [5, 5.41) is 1.04. The molecule has 0 spiro atoms. The molecule has 0 aliphatic carbocycles. The number of likely N-dealkylation sites (tertiary alicyclic amines) is 1. The smallest absolute Gasteiger partial charge is 0.119 e. The summed E-state index contributed by atoms with van der Waals surface area (Å²) in [7, 11) is 0. The Balaban J connectivity index is 0.00000144. The van der Waals surface area contributed by atoms with E-state index >= 15 is 0 Å². The van der Waals surface area contributed by atoms with Crippen LogP contribution < -0.4 is 5.73 Å². The van der Waals surface area contributed by atoms with Gasteiger partial charge in [-0.2, -0.15) is 0 Å². The molecule has 1 fully saturated rings. The molecule has 0 aromatic carbocycles. The molecule has 2 heterocycles. The molecular formula is C11H19ClN4S. The zero-order valence-corrected chi connectivity index (χ0v) is 11.6. The van der Waals surface area contributed by atoms with Crippen molar-refractivity contribution in [1.29, 1.82) is 0 Å². The monoisotopic (exact) mass is 274 g/mol. The van der Waals surface area contributed by atoms with E-state index in [9.17, 15) is 0 Å². The molecular weight excluding hydrogens is 256 g/mol. The van der Waals surface area contributed by atoms with Gasteiger partial charge in [0.1, 0.15) is 5.03 Å². The fourth-order valence-corrected chi connectivity index (χ4v) is 2.61. The zero-order valence-electron chi connectivity index (χ0n) is 10.0. The highest BCUT2D eigenvalue weighted by molar-refractivity contribution is 7.98. The molecule has 96 valence electrons. The molecule has 0 radical (unpaired) electrons. The van der Waals surface area contributed by atoms with Gasteiger partial charge in [-0.3, -0.25) is 9.88 Å². The minimum absolute atomic E-state index is 0. The van der Waals surface area contributed by atoms with Crippen LogP contribution in [0.3, 0.4) is 0 Å². The van der Waals surface area contributed by atoms with Gasteiger partial charge in [-0.15, -0.1) is 24.2 Å². The molecule has 2 rings (SSSR count). The van der Waals surface area contributed by atoms with Gasteiger partial charge in [-0.25, -0.2) is 4.98 Å². The van der Waals surface area contributed by atoms with E-state index in [2.05, 4.69) is 14.9 Å². The zero-order chi connectivity index (χ0) is 11.4. The van der Waals surface area contributed by atoms with E-state index in [0.29, 0.717) is 5.92 Å². The molecule has 1 aromatic rings. The van der Waals surface area contributed by atoms with Crippen LogP contribution in [0, 0.1) is 5.92 Å². The highest BCUT2D eigenvalue weighted by Crippen LogP contribution is 2.20. The summed E-state index contributed by atoms with van der Waals surface area (Å²) in [6.45, 7) is 3.93. The van der Waals surface area contributed by atoms with Gasteiger partial charge in [0, 0.05) is 25.5 Å². The van der Waals surface area contributed by atoms with E-state index in [0.717, 1.165) is 36.9 Å². The molecule has 1 aromatic heterocycles. The second-order valence-corrected chi connectivity index (χ2v) is 4.93. The van der Waals surface area contributed by atoms with E-state index in [4.69, 9.17) is 5.73 Å². The van der Waals surface area contributed by atoms with Crippen molar-refractivity contribution < 1.29 is 0 Å². The summed E-state index contributed by atoms with van der Waals surface area (Å²) in [5.41, 5.74) is 6.78. The Kier molecular flexibility index (Phi) is 6.19. The van der Waals surface area contributed by atoms with Gasteiger partial charge in [0.05, 0.1) is 5.69 Å². The third-order valence-electron chi connectivity index (χ3n) is 3.01. The number of aromatic nitrogens is 2. The second-order valence-electron chi connectivity index (χ2n) is 4.14. The van der Waals surface area contributed by atoms with Crippen molar-refractivity contribution in [2.75, 3.05) is 25.9 Å². The lowest BCUT2D eigenvalue weighted by Gasteiger charge is -2.16. The fourth-order valence-electron chi connectivity index (χ4n) is 2.09. The first-order valence-corrected chi connectivity index (χ1v) is 6.82. The van der Waals surface area contributed by atoms with Crippen LogP contribution in [0.4, 0.5) is 0 Å². The average Bonchev–Trinajstić information content (AvgIpc) is 2.77.